The van der Waals surface area contributed by atoms with E-state index in [9.17, 15) is 9.59 Å². The van der Waals surface area contributed by atoms with Crippen LogP contribution < -0.4 is 16.4 Å². The molecule has 0 saturated heterocycles. The highest BCUT2D eigenvalue weighted by atomic mass is 35.5. The molecule has 110 valence electrons. The number of amides is 1. The van der Waals surface area contributed by atoms with Crippen LogP contribution in [-0.2, 0) is 9.53 Å². The van der Waals surface area contributed by atoms with Crippen molar-refractivity contribution in [1.29, 1.82) is 0 Å². The maximum atomic E-state index is 11.7. The van der Waals surface area contributed by atoms with Crippen LogP contribution in [0.1, 0.15) is 23.7 Å². The number of hydrogen-bond acceptors (Lipinski definition) is 5. The summed E-state index contributed by atoms with van der Waals surface area (Å²) >= 11 is 6.04. The summed E-state index contributed by atoms with van der Waals surface area (Å²) in [6, 6.07) is 2.95. The van der Waals surface area contributed by atoms with Crippen LogP contribution in [0.15, 0.2) is 12.1 Å². The molecule has 20 heavy (non-hydrogen) atoms. The Hall–Kier alpha value is -1.95. The van der Waals surface area contributed by atoms with E-state index in [1.807, 2.05) is 6.92 Å². The van der Waals surface area contributed by atoms with Crippen LogP contribution in [0.4, 0.5) is 11.4 Å². The molecule has 7 heteroatoms. The zero-order valence-corrected chi connectivity index (χ0v) is 12.2. The van der Waals surface area contributed by atoms with Gasteiger partial charge < -0.3 is 21.1 Å². The number of halogens is 1. The van der Waals surface area contributed by atoms with Gasteiger partial charge in [-0.2, -0.15) is 0 Å². The van der Waals surface area contributed by atoms with E-state index in [0.717, 1.165) is 6.42 Å². The van der Waals surface area contributed by atoms with Gasteiger partial charge in [0.2, 0.25) is 5.91 Å². The van der Waals surface area contributed by atoms with Crippen molar-refractivity contribution < 1.29 is 14.3 Å². The van der Waals surface area contributed by atoms with Gasteiger partial charge in [0.1, 0.15) is 0 Å². The smallest absolute Gasteiger partial charge is 0.340 e. The Balaban J connectivity index is 2.88. The zero-order chi connectivity index (χ0) is 15.1. The summed E-state index contributed by atoms with van der Waals surface area (Å²) in [5, 5.41) is 5.80. The number of anilines is 2. The Morgan fingerprint density at radius 2 is 2.10 bits per heavy atom. The number of ether oxygens (including phenoxy) is 1. The van der Waals surface area contributed by atoms with E-state index in [1.54, 1.807) is 0 Å². The predicted molar refractivity (Wildman–Crippen MR) is 79.0 cm³/mol. The fourth-order valence-electron chi connectivity index (χ4n) is 1.57. The lowest BCUT2D eigenvalue weighted by molar-refractivity contribution is -0.119. The van der Waals surface area contributed by atoms with Crippen molar-refractivity contribution in [3.05, 3.63) is 22.7 Å². The molecule has 0 aromatic heterocycles. The number of nitrogens with two attached hydrogens (primary N) is 1. The van der Waals surface area contributed by atoms with Crippen LogP contribution in [0, 0.1) is 0 Å². The molecular formula is C13H18ClN3O3. The van der Waals surface area contributed by atoms with E-state index in [-0.39, 0.29) is 23.0 Å². The molecule has 0 atom stereocenters. The summed E-state index contributed by atoms with van der Waals surface area (Å²) < 4.78 is 4.66. The van der Waals surface area contributed by atoms with Gasteiger partial charge in [-0.1, -0.05) is 18.5 Å². The summed E-state index contributed by atoms with van der Waals surface area (Å²) in [7, 11) is 1.26. The van der Waals surface area contributed by atoms with Crippen LogP contribution in [0.5, 0.6) is 0 Å². The number of methoxy groups -OCH3 is 1. The normalized spacial score (nSPS) is 9.95. The maximum absolute atomic E-state index is 11.7. The van der Waals surface area contributed by atoms with Gasteiger partial charge in [0.15, 0.2) is 0 Å². The largest absolute Gasteiger partial charge is 0.465 e. The lowest BCUT2D eigenvalue weighted by Crippen LogP contribution is -2.30. The first kappa shape index (κ1) is 16.1. The number of nitrogen functional groups attached to an aromatic ring is 1. The zero-order valence-electron chi connectivity index (χ0n) is 11.5. The molecule has 0 aliphatic rings. The third-order valence-corrected chi connectivity index (χ3v) is 2.81. The second-order valence-electron chi connectivity index (χ2n) is 4.12. The SMILES string of the molecule is CCCNC(=O)CNc1c(Cl)cc(N)cc1C(=O)OC. The van der Waals surface area contributed by atoms with Crippen molar-refractivity contribution in [1.82, 2.24) is 5.32 Å². The number of carbonyl (C=O) groups excluding carboxylic acids is 2. The second-order valence-corrected chi connectivity index (χ2v) is 4.53. The Labute approximate surface area is 122 Å². The lowest BCUT2D eigenvalue weighted by atomic mass is 10.1. The molecule has 1 aromatic carbocycles. The number of rotatable bonds is 6. The van der Waals surface area contributed by atoms with Gasteiger partial charge in [0.25, 0.3) is 0 Å². The molecule has 0 aliphatic heterocycles. The van der Waals surface area contributed by atoms with Crippen molar-refractivity contribution >= 4 is 34.9 Å². The molecular weight excluding hydrogens is 282 g/mol. The second kappa shape index (κ2) is 7.59. The van der Waals surface area contributed by atoms with Crippen LogP contribution >= 0.6 is 11.6 Å². The summed E-state index contributed by atoms with van der Waals surface area (Å²) in [4.78, 5) is 23.2. The standard InChI is InChI=1S/C13H18ClN3O3/c1-3-4-16-11(18)7-17-12-9(13(19)20-2)5-8(15)6-10(12)14/h5-6,17H,3-4,7,15H2,1-2H3,(H,16,18). The van der Waals surface area contributed by atoms with E-state index in [2.05, 4.69) is 15.4 Å². The molecule has 1 aromatic rings. The molecule has 0 saturated carbocycles. The van der Waals surface area contributed by atoms with Crippen molar-refractivity contribution in [2.24, 2.45) is 0 Å². The van der Waals surface area contributed by atoms with Gasteiger partial charge in [0, 0.05) is 12.2 Å². The monoisotopic (exact) mass is 299 g/mol. The molecule has 0 aliphatic carbocycles. The summed E-state index contributed by atoms with van der Waals surface area (Å²) in [6.07, 6.45) is 0.849. The highest BCUT2D eigenvalue weighted by Gasteiger charge is 2.16. The highest BCUT2D eigenvalue weighted by molar-refractivity contribution is 6.34. The molecule has 0 heterocycles. The Morgan fingerprint density at radius 1 is 1.40 bits per heavy atom. The van der Waals surface area contributed by atoms with Crippen LogP contribution in [-0.4, -0.2) is 32.1 Å². The molecule has 0 spiro atoms. The molecule has 1 rings (SSSR count). The minimum atomic E-state index is -0.573. The van der Waals surface area contributed by atoms with Crippen molar-refractivity contribution in [2.75, 3.05) is 31.2 Å². The Morgan fingerprint density at radius 3 is 2.70 bits per heavy atom. The summed E-state index contributed by atoms with van der Waals surface area (Å²) in [5.41, 5.74) is 6.52. The maximum Gasteiger partial charge on any atom is 0.340 e. The van der Waals surface area contributed by atoms with Gasteiger partial charge in [-0.25, -0.2) is 4.79 Å². The van der Waals surface area contributed by atoms with Gasteiger partial charge in [-0.15, -0.1) is 0 Å². The van der Waals surface area contributed by atoms with Crippen LogP contribution in [0.2, 0.25) is 5.02 Å². The molecule has 0 unspecified atom stereocenters. The first-order valence-electron chi connectivity index (χ1n) is 6.17. The predicted octanol–water partition coefficient (Wildman–Crippen LogP) is 1.65. The van der Waals surface area contributed by atoms with E-state index in [4.69, 9.17) is 17.3 Å². The molecule has 0 radical (unpaired) electrons. The minimum absolute atomic E-state index is 0.00757. The van der Waals surface area contributed by atoms with Gasteiger partial charge in [-0.05, 0) is 18.6 Å². The first-order valence-corrected chi connectivity index (χ1v) is 6.55. The average Bonchev–Trinajstić information content (AvgIpc) is 2.42. The number of esters is 1. The molecule has 4 N–H and O–H groups in total. The van der Waals surface area contributed by atoms with Gasteiger partial charge in [-0.3, -0.25) is 4.79 Å². The number of nitrogens with one attached hydrogen (secondary N) is 2. The fraction of sp³-hybridized carbons (Fsp3) is 0.385. The summed E-state index contributed by atoms with van der Waals surface area (Å²) in [6.45, 7) is 2.56. The third-order valence-electron chi connectivity index (χ3n) is 2.52. The first-order chi connectivity index (χ1) is 9.49. The van der Waals surface area contributed by atoms with Crippen molar-refractivity contribution in [2.45, 2.75) is 13.3 Å². The fourth-order valence-corrected chi connectivity index (χ4v) is 1.87. The Bertz CT molecular complexity index is 506. The van der Waals surface area contributed by atoms with E-state index in [1.165, 1.54) is 19.2 Å². The Kier molecular flexibility index (Phi) is 6.11. The molecule has 1 amide bonds. The molecule has 0 fully saturated rings. The molecule has 0 bridgehead atoms. The average molecular weight is 300 g/mol. The number of hydrogen-bond donors (Lipinski definition) is 3. The topological polar surface area (TPSA) is 93.5 Å². The van der Waals surface area contributed by atoms with Crippen LogP contribution in [0.25, 0.3) is 0 Å². The summed E-state index contributed by atoms with van der Waals surface area (Å²) in [5.74, 6) is -0.758. The highest BCUT2D eigenvalue weighted by Crippen LogP contribution is 2.29. The lowest BCUT2D eigenvalue weighted by Gasteiger charge is -2.13. The van der Waals surface area contributed by atoms with E-state index in [0.29, 0.717) is 17.9 Å². The minimum Gasteiger partial charge on any atom is -0.465 e. The van der Waals surface area contributed by atoms with Gasteiger partial charge in [0.05, 0.1) is 29.9 Å². The van der Waals surface area contributed by atoms with Gasteiger partial charge >= 0.3 is 5.97 Å². The van der Waals surface area contributed by atoms with Crippen molar-refractivity contribution in [3.8, 4) is 0 Å². The number of benzene rings is 1. The third kappa shape index (κ3) is 4.31. The van der Waals surface area contributed by atoms with E-state index >= 15 is 0 Å². The van der Waals surface area contributed by atoms with E-state index < -0.39 is 5.97 Å². The van der Waals surface area contributed by atoms with Crippen LogP contribution in [0.3, 0.4) is 0 Å². The number of carbonyl (C=O) groups is 2. The molecule has 6 nitrogen and oxygen atoms in total. The quantitative estimate of drug-likeness (QED) is 0.548. The van der Waals surface area contributed by atoms with Crippen molar-refractivity contribution in [3.63, 3.8) is 0 Å².